The van der Waals surface area contributed by atoms with Gasteiger partial charge in [-0.15, -0.1) is 0 Å². The Morgan fingerprint density at radius 3 is 2.47 bits per heavy atom. The van der Waals surface area contributed by atoms with Crippen LogP contribution in [0.25, 0.3) is 0 Å². The monoisotopic (exact) mass is 468 g/mol. The number of ether oxygens (including phenoxy) is 1. The number of nitrogens with zero attached hydrogens (tertiary/aromatic N) is 2. The van der Waals surface area contributed by atoms with Crippen LogP contribution in [0.15, 0.2) is 83.5 Å². The second kappa shape index (κ2) is 8.62. The van der Waals surface area contributed by atoms with Crippen molar-refractivity contribution in [2.75, 3.05) is 10.6 Å². The first kappa shape index (κ1) is 21.6. The quantitative estimate of drug-likeness (QED) is 0.366. The van der Waals surface area contributed by atoms with E-state index < -0.39 is 24.2 Å². The van der Waals surface area contributed by atoms with Gasteiger partial charge in [0.25, 0.3) is 5.91 Å². The zero-order chi connectivity index (χ0) is 23.7. The molecule has 7 nitrogen and oxygen atoms in total. The lowest BCUT2D eigenvalue weighted by Gasteiger charge is -2.32. The number of aromatic nitrogens is 2. The van der Waals surface area contributed by atoms with Crippen LogP contribution in [0.4, 0.5) is 24.7 Å². The van der Waals surface area contributed by atoms with Crippen molar-refractivity contribution in [3.05, 3.63) is 90.5 Å². The maximum Gasteiger partial charge on any atom is 0.410 e. The minimum absolute atomic E-state index is 0.0896. The van der Waals surface area contributed by atoms with E-state index in [2.05, 4.69) is 15.7 Å². The molecule has 10 heteroatoms. The van der Waals surface area contributed by atoms with Crippen LogP contribution >= 0.6 is 0 Å². The first-order valence-corrected chi connectivity index (χ1v) is 10.5. The molecule has 1 aliphatic rings. The van der Waals surface area contributed by atoms with E-state index >= 15 is 0 Å². The molecule has 5 rings (SSSR count). The van der Waals surface area contributed by atoms with Gasteiger partial charge in [-0.2, -0.15) is 18.3 Å². The average molecular weight is 468 g/mol. The van der Waals surface area contributed by atoms with Crippen LogP contribution in [0.5, 0.6) is 11.5 Å². The number of nitrogens with one attached hydrogen (secondary N) is 2. The summed E-state index contributed by atoms with van der Waals surface area (Å²) in [5.74, 6) is 1.08. The second-order valence-electron chi connectivity index (χ2n) is 7.76. The van der Waals surface area contributed by atoms with Crippen molar-refractivity contribution in [1.82, 2.24) is 9.78 Å². The summed E-state index contributed by atoms with van der Waals surface area (Å²) in [7, 11) is 0. The molecule has 1 aliphatic heterocycles. The molecule has 0 radical (unpaired) electrons. The van der Waals surface area contributed by atoms with Crippen molar-refractivity contribution in [2.45, 2.75) is 24.7 Å². The third kappa shape index (κ3) is 4.47. The van der Waals surface area contributed by atoms with Gasteiger partial charge in [0.1, 0.15) is 23.1 Å². The van der Waals surface area contributed by atoms with Gasteiger partial charge >= 0.3 is 6.18 Å². The number of halogens is 3. The number of carbonyl (C=O) groups excluding carboxylic acids is 1. The molecule has 2 atom stereocenters. The fourth-order valence-corrected chi connectivity index (χ4v) is 3.79. The third-order valence-electron chi connectivity index (χ3n) is 5.40. The Balaban J connectivity index is 1.32. The largest absolute Gasteiger partial charge is 0.467 e. The number of alkyl halides is 3. The van der Waals surface area contributed by atoms with Crippen LogP contribution in [0.1, 0.15) is 34.8 Å². The number of hydrogen-bond acceptors (Lipinski definition) is 5. The molecule has 174 valence electrons. The second-order valence-corrected chi connectivity index (χ2v) is 7.76. The minimum Gasteiger partial charge on any atom is -0.467 e. The molecular formula is C24H19F3N4O3. The summed E-state index contributed by atoms with van der Waals surface area (Å²) in [6.07, 6.45) is -3.45. The van der Waals surface area contributed by atoms with Gasteiger partial charge in [-0.05, 0) is 48.5 Å². The standard InChI is InChI=1S/C24H19F3N4O3/c25-24(26,27)21-13-18(20-7-4-12-33-20)29-22-14-19(30-31(21)22)23(32)28-15-8-10-17(11-9-15)34-16-5-2-1-3-6-16/h1-12,14,18,21,29H,13H2,(H,28,32)/t18-,21-/m1/s1. The lowest BCUT2D eigenvalue weighted by atomic mass is 10.0. The highest BCUT2D eigenvalue weighted by Gasteiger charge is 2.47. The molecule has 0 unspecified atom stereocenters. The Morgan fingerprint density at radius 1 is 1.06 bits per heavy atom. The highest BCUT2D eigenvalue weighted by Crippen LogP contribution is 2.43. The van der Waals surface area contributed by atoms with Crippen molar-refractivity contribution in [3.63, 3.8) is 0 Å². The molecular weight excluding hydrogens is 449 g/mol. The van der Waals surface area contributed by atoms with E-state index in [-0.39, 0.29) is 17.9 Å². The molecule has 2 aromatic carbocycles. The van der Waals surface area contributed by atoms with Gasteiger partial charge in [0.2, 0.25) is 0 Å². The van der Waals surface area contributed by atoms with Crippen molar-refractivity contribution >= 4 is 17.4 Å². The first-order valence-electron chi connectivity index (χ1n) is 10.5. The average Bonchev–Trinajstić information content (AvgIpc) is 3.50. The Hall–Kier alpha value is -4.21. The molecule has 0 bridgehead atoms. The topological polar surface area (TPSA) is 81.3 Å². The SMILES string of the molecule is O=C(Nc1ccc(Oc2ccccc2)cc1)c1cc2n(n1)[C@@H](C(F)(F)F)C[C@H](c1ccco1)N2. The van der Waals surface area contributed by atoms with Gasteiger partial charge in [0, 0.05) is 18.2 Å². The van der Waals surface area contributed by atoms with E-state index in [0.29, 0.717) is 22.9 Å². The third-order valence-corrected chi connectivity index (χ3v) is 5.40. The van der Waals surface area contributed by atoms with Gasteiger partial charge in [0.15, 0.2) is 11.7 Å². The number of rotatable bonds is 5. The van der Waals surface area contributed by atoms with Crippen molar-refractivity contribution in [3.8, 4) is 11.5 Å². The van der Waals surface area contributed by atoms with Crippen LogP contribution in [-0.4, -0.2) is 21.9 Å². The maximum absolute atomic E-state index is 13.8. The van der Waals surface area contributed by atoms with Crippen LogP contribution < -0.4 is 15.4 Å². The molecule has 0 fully saturated rings. The minimum atomic E-state index is -4.55. The summed E-state index contributed by atoms with van der Waals surface area (Å²) in [5.41, 5.74) is 0.312. The van der Waals surface area contributed by atoms with Gasteiger partial charge in [-0.1, -0.05) is 18.2 Å². The first-order chi connectivity index (χ1) is 16.4. The Bertz CT molecular complexity index is 1270. The maximum atomic E-state index is 13.8. The number of hydrogen-bond donors (Lipinski definition) is 2. The van der Waals surface area contributed by atoms with Crippen molar-refractivity contribution < 1.29 is 27.1 Å². The normalized spacial score (nSPS) is 17.5. The predicted octanol–water partition coefficient (Wildman–Crippen LogP) is 6.18. The molecule has 0 spiro atoms. The number of anilines is 2. The number of fused-ring (bicyclic) bond motifs is 1. The fraction of sp³-hybridized carbons (Fsp3) is 0.167. The van der Waals surface area contributed by atoms with Crippen LogP contribution in [0, 0.1) is 0 Å². The predicted molar refractivity (Wildman–Crippen MR) is 118 cm³/mol. The number of amides is 1. The van der Waals surface area contributed by atoms with Crippen LogP contribution in [-0.2, 0) is 0 Å². The molecule has 34 heavy (non-hydrogen) atoms. The lowest BCUT2D eigenvalue weighted by molar-refractivity contribution is -0.174. The summed E-state index contributed by atoms with van der Waals surface area (Å²) in [5, 5.41) is 9.59. The molecule has 2 N–H and O–H groups in total. The Labute approximate surface area is 192 Å². The van der Waals surface area contributed by atoms with E-state index in [1.54, 1.807) is 36.4 Å². The molecule has 2 aromatic heterocycles. The highest BCUT2D eigenvalue weighted by molar-refractivity contribution is 6.03. The molecule has 3 heterocycles. The summed E-state index contributed by atoms with van der Waals surface area (Å²) < 4.78 is 53.1. The van der Waals surface area contributed by atoms with Crippen molar-refractivity contribution in [2.24, 2.45) is 0 Å². The van der Waals surface area contributed by atoms with Crippen LogP contribution in [0.2, 0.25) is 0 Å². The van der Waals surface area contributed by atoms with E-state index in [1.165, 1.54) is 12.3 Å². The Kier molecular flexibility index (Phi) is 5.48. The van der Waals surface area contributed by atoms with Gasteiger partial charge in [0.05, 0.1) is 12.3 Å². The van der Waals surface area contributed by atoms with Gasteiger partial charge < -0.3 is 19.8 Å². The Morgan fingerprint density at radius 2 is 1.79 bits per heavy atom. The summed E-state index contributed by atoms with van der Waals surface area (Å²) in [6.45, 7) is 0. The van der Waals surface area contributed by atoms with E-state index in [9.17, 15) is 18.0 Å². The number of carbonyl (C=O) groups is 1. The molecule has 1 amide bonds. The summed E-state index contributed by atoms with van der Waals surface area (Å²) >= 11 is 0. The molecule has 0 aliphatic carbocycles. The zero-order valence-corrected chi connectivity index (χ0v) is 17.6. The lowest BCUT2D eigenvalue weighted by Crippen LogP contribution is -2.35. The van der Waals surface area contributed by atoms with E-state index in [0.717, 1.165) is 4.68 Å². The molecule has 0 saturated heterocycles. The summed E-state index contributed by atoms with van der Waals surface area (Å²) in [4.78, 5) is 12.7. The van der Waals surface area contributed by atoms with Gasteiger partial charge in [-0.3, -0.25) is 4.79 Å². The number of furan rings is 1. The number of para-hydroxylation sites is 1. The number of benzene rings is 2. The van der Waals surface area contributed by atoms with Crippen molar-refractivity contribution in [1.29, 1.82) is 0 Å². The smallest absolute Gasteiger partial charge is 0.410 e. The van der Waals surface area contributed by atoms with Gasteiger partial charge in [-0.25, -0.2) is 4.68 Å². The van der Waals surface area contributed by atoms with Crippen LogP contribution in [0.3, 0.4) is 0 Å². The van der Waals surface area contributed by atoms with E-state index in [1.807, 2.05) is 30.3 Å². The molecule has 0 saturated carbocycles. The zero-order valence-electron chi connectivity index (χ0n) is 17.6. The highest BCUT2D eigenvalue weighted by atomic mass is 19.4. The fourth-order valence-electron chi connectivity index (χ4n) is 3.79. The van der Waals surface area contributed by atoms with E-state index in [4.69, 9.17) is 9.15 Å². The summed E-state index contributed by atoms with van der Waals surface area (Å²) in [6, 6.07) is 17.8. The molecule has 4 aromatic rings.